The third-order valence-corrected chi connectivity index (χ3v) is 5.17. The second-order valence-corrected chi connectivity index (χ2v) is 7.42. The molecule has 1 aliphatic rings. The van der Waals surface area contributed by atoms with Gasteiger partial charge in [0.15, 0.2) is 0 Å². The highest BCUT2D eigenvalue weighted by Gasteiger charge is 2.19. The molecule has 0 aliphatic carbocycles. The Bertz CT molecular complexity index is 1180. The Morgan fingerprint density at radius 1 is 1.21 bits per heavy atom. The summed E-state index contributed by atoms with van der Waals surface area (Å²) in [5.41, 5.74) is 3.12. The van der Waals surface area contributed by atoms with E-state index >= 15 is 0 Å². The van der Waals surface area contributed by atoms with Gasteiger partial charge in [-0.2, -0.15) is 4.98 Å². The summed E-state index contributed by atoms with van der Waals surface area (Å²) in [5.74, 6) is -0.458. The maximum absolute atomic E-state index is 13.7. The fourth-order valence-electron chi connectivity index (χ4n) is 3.53. The number of carboxylic acid groups (broad SMARTS) is 1. The largest absolute Gasteiger partial charge is 0.478 e. The SMILES string of the molecule is O=C(O)C=Cc1cccc(-c2cnc(Nc3ccc(F)c(CO)c3)nc2N2CCOCC2)c1. The number of aliphatic carboxylic acids is 1. The number of nitrogens with one attached hydrogen (secondary N) is 1. The van der Waals surface area contributed by atoms with Gasteiger partial charge in [0, 0.05) is 42.2 Å². The van der Waals surface area contributed by atoms with Gasteiger partial charge < -0.3 is 25.2 Å². The third kappa shape index (κ3) is 5.51. The fraction of sp³-hybridized carbons (Fsp3) is 0.208. The number of aromatic nitrogens is 2. The topological polar surface area (TPSA) is 108 Å². The van der Waals surface area contributed by atoms with Crippen molar-refractivity contribution in [2.75, 3.05) is 36.5 Å². The molecule has 0 radical (unpaired) electrons. The summed E-state index contributed by atoms with van der Waals surface area (Å²) >= 11 is 0. The normalized spacial score (nSPS) is 13.9. The first kappa shape index (κ1) is 22.4. The standard InChI is InChI=1S/C24H23FN4O4/c25-21-6-5-19(13-18(21)15-30)27-24-26-14-20(23(28-24)29-8-10-33-11-9-29)17-3-1-2-16(12-17)4-7-22(31)32/h1-7,12-14,30H,8-11,15H2,(H,31,32)(H,26,27,28). The molecule has 1 saturated heterocycles. The first-order valence-electron chi connectivity index (χ1n) is 10.4. The second kappa shape index (κ2) is 10.2. The maximum Gasteiger partial charge on any atom is 0.328 e. The number of halogens is 1. The monoisotopic (exact) mass is 450 g/mol. The van der Waals surface area contributed by atoms with E-state index in [-0.39, 0.29) is 5.56 Å². The number of morpholine rings is 1. The summed E-state index contributed by atoms with van der Waals surface area (Å²) in [5, 5.41) is 21.3. The second-order valence-electron chi connectivity index (χ2n) is 7.42. The average Bonchev–Trinajstić information content (AvgIpc) is 2.84. The first-order valence-corrected chi connectivity index (χ1v) is 10.4. The number of nitrogens with zero attached hydrogens (tertiary/aromatic N) is 3. The van der Waals surface area contributed by atoms with Gasteiger partial charge in [0.2, 0.25) is 5.95 Å². The minimum atomic E-state index is -1.02. The molecule has 2 aromatic carbocycles. The van der Waals surface area contributed by atoms with Gasteiger partial charge in [0.1, 0.15) is 11.6 Å². The number of anilines is 3. The molecule has 4 rings (SSSR count). The zero-order valence-electron chi connectivity index (χ0n) is 17.7. The summed E-state index contributed by atoms with van der Waals surface area (Å²) in [6.07, 6.45) is 4.33. The molecule has 170 valence electrons. The molecule has 9 heteroatoms. The predicted molar refractivity (Wildman–Crippen MR) is 123 cm³/mol. The highest BCUT2D eigenvalue weighted by Crippen LogP contribution is 2.31. The molecule has 33 heavy (non-hydrogen) atoms. The zero-order valence-corrected chi connectivity index (χ0v) is 17.7. The lowest BCUT2D eigenvalue weighted by atomic mass is 10.0. The molecule has 1 aliphatic heterocycles. The summed E-state index contributed by atoms with van der Waals surface area (Å²) in [7, 11) is 0. The molecule has 3 N–H and O–H groups in total. The highest BCUT2D eigenvalue weighted by molar-refractivity contribution is 5.86. The molecule has 0 bridgehead atoms. The third-order valence-electron chi connectivity index (χ3n) is 5.17. The molecule has 0 saturated carbocycles. The van der Waals surface area contributed by atoms with Gasteiger partial charge in [-0.15, -0.1) is 0 Å². The van der Waals surface area contributed by atoms with Crippen LogP contribution < -0.4 is 10.2 Å². The van der Waals surface area contributed by atoms with Gasteiger partial charge in [0.05, 0.1) is 19.8 Å². The van der Waals surface area contributed by atoms with Gasteiger partial charge in [-0.05, 0) is 41.5 Å². The zero-order chi connectivity index (χ0) is 23.2. The molecule has 3 aromatic rings. The van der Waals surface area contributed by atoms with Crippen molar-refractivity contribution < 1.29 is 24.1 Å². The molecule has 2 heterocycles. The maximum atomic E-state index is 13.7. The fourth-order valence-corrected chi connectivity index (χ4v) is 3.53. The van der Waals surface area contributed by atoms with Crippen LogP contribution in [0.2, 0.25) is 0 Å². The molecule has 0 spiro atoms. The van der Waals surface area contributed by atoms with E-state index < -0.39 is 18.4 Å². The Kier molecular flexibility index (Phi) is 6.92. The van der Waals surface area contributed by atoms with E-state index in [1.165, 1.54) is 18.2 Å². The number of ether oxygens (including phenoxy) is 1. The number of aliphatic hydroxyl groups excluding tert-OH is 1. The molecular weight excluding hydrogens is 427 g/mol. The summed E-state index contributed by atoms with van der Waals surface area (Å²) in [6, 6.07) is 11.8. The van der Waals surface area contributed by atoms with E-state index in [1.54, 1.807) is 12.3 Å². The quantitative estimate of drug-likeness (QED) is 0.470. The molecule has 0 atom stereocenters. The Morgan fingerprint density at radius 3 is 2.79 bits per heavy atom. The minimum Gasteiger partial charge on any atom is -0.478 e. The number of aliphatic hydroxyl groups is 1. The predicted octanol–water partition coefficient (Wildman–Crippen LogP) is 3.45. The number of hydrogen-bond acceptors (Lipinski definition) is 7. The Morgan fingerprint density at radius 2 is 2.03 bits per heavy atom. The van der Waals surface area contributed by atoms with E-state index in [2.05, 4.69) is 15.2 Å². The first-order chi connectivity index (χ1) is 16.0. The Hall–Kier alpha value is -3.82. The van der Waals surface area contributed by atoms with Crippen LogP contribution in [-0.4, -0.2) is 52.5 Å². The lowest BCUT2D eigenvalue weighted by molar-refractivity contribution is -0.131. The Labute approximate surface area is 190 Å². The smallest absolute Gasteiger partial charge is 0.328 e. The van der Waals surface area contributed by atoms with Crippen molar-refractivity contribution in [2.24, 2.45) is 0 Å². The summed E-state index contributed by atoms with van der Waals surface area (Å²) in [6.45, 7) is 2.06. The van der Waals surface area contributed by atoms with Crippen molar-refractivity contribution in [2.45, 2.75) is 6.61 Å². The number of carbonyl (C=O) groups is 1. The van der Waals surface area contributed by atoms with Gasteiger partial charge >= 0.3 is 5.97 Å². The van der Waals surface area contributed by atoms with Crippen molar-refractivity contribution >= 4 is 29.5 Å². The van der Waals surface area contributed by atoms with Crippen LogP contribution in [0, 0.1) is 5.82 Å². The van der Waals surface area contributed by atoms with Crippen LogP contribution in [0.25, 0.3) is 17.2 Å². The van der Waals surface area contributed by atoms with Gasteiger partial charge in [0.25, 0.3) is 0 Å². The summed E-state index contributed by atoms with van der Waals surface area (Å²) < 4.78 is 19.2. The van der Waals surface area contributed by atoms with Crippen LogP contribution in [0.1, 0.15) is 11.1 Å². The van der Waals surface area contributed by atoms with E-state index in [0.717, 1.165) is 22.8 Å². The van der Waals surface area contributed by atoms with E-state index in [1.807, 2.05) is 24.3 Å². The number of rotatable bonds is 7. The van der Waals surface area contributed by atoms with Crippen LogP contribution in [0.4, 0.5) is 21.8 Å². The average molecular weight is 450 g/mol. The molecule has 1 fully saturated rings. The number of carboxylic acids is 1. The van der Waals surface area contributed by atoms with Crippen molar-refractivity contribution in [3.63, 3.8) is 0 Å². The van der Waals surface area contributed by atoms with Crippen LogP contribution in [-0.2, 0) is 16.1 Å². The van der Waals surface area contributed by atoms with E-state index in [9.17, 15) is 14.3 Å². The molecule has 1 aromatic heterocycles. The van der Waals surface area contributed by atoms with Gasteiger partial charge in [-0.25, -0.2) is 14.2 Å². The molecule has 0 amide bonds. The van der Waals surface area contributed by atoms with Gasteiger partial charge in [-0.1, -0.05) is 18.2 Å². The summed E-state index contributed by atoms with van der Waals surface area (Å²) in [4.78, 5) is 22.1. The number of hydrogen-bond donors (Lipinski definition) is 3. The van der Waals surface area contributed by atoms with Crippen LogP contribution >= 0.6 is 0 Å². The highest BCUT2D eigenvalue weighted by atomic mass is 19.1. The van der Waals surface area contributed by atoms with Gasteiger partial charge in [-0.3, -0.25) is 0 Å². The molecule has 0 unspecified atom stereocenters. The van der Waals surface area contributed by atoms with Crippen molar-refractivity contribution in [3.05, 3.63) is 71.7 Å². The van der Waals surface area contributed by atoms with Crippen LogP contribution in [0.15, 0.2) is 54.7 Å². The van der Waals surface area contributed by atoms with Crippen molar-refractivity contribution in [1.82, 2.24) is 9.97 Å². The molecule has 8 nitrogen and oxygen atoms in total. The minimum absolute atomic E-state index is 0.177. The molecular formula is C24H23FN4O4. The number of benzene rings is 2. The van der Waals surface area contributed by atoms with Crippen LogP contribution in [0.3, 0.4) is 0 Å². The lowest BCUT2D eigenvalue weighted by Gasteiger charge is -2.29. The van der Waals surface area contributed by atoms with Crippen LogP contribution in [0.5, 0.6) is 0 Å². The van der Waals surface area contributed by atoms with E-state index in [0.29, 0.717) is 43.8 Å². The van der Waals surface area contributed by atoms with E-state index in [4.69, 9.17) is 14.8 Å². The van der Waals surface area contributed by atoms with Crippen molar-refractivity contribution in [1.29, 1.82) is 0 Å². The lowest BCUT2D eigenvalue weighted by Crippen LogP contribution is -2.37. The Balaban J connectivity index is 1.70. The van der Waals surface area contributed by atoms with Crippen molar-refractivity contribution in [3.8, 4) is 11.1 Å².